The molecule has 2 aromatic rings. The first-order valence-corrected chi connectivity index (χ1v) is 10.3. The second-order valence-corrected chi connectivity index (χ2v) is 7.25. The third-order valence-corrected chi connectivity index (χ3v) is 5.22. The predicted octanol–water partition coefficient (Wildman–Crippen LogP) is 2.85. The third-order valence-electron chi connectivity index (χ3n) is 5.22. The standard InChI is InChI=1S/C23H25F2N5O2/c1-3-18(29-22(31)20-16(24)7-6-8-17(20)25)21(26-2)23(32)28-15-10-13-30(14-11-15)19-9-4-5-12-27-19/h3-9,12,15H,10-11,13-14H2,1-2H3,(H,28,32)(H,29,31)/b18-3+,26-21?. The highest BCUT2D eigenvalue weighted by Crippen LogP contribution is 2.17. The lowest BCUT2D eigenvalue weighted by atomic mass is 10.0. The lowest BCUT2D eigenvalue weighted by molar-refractivity contribution is -0.115. The maximum Gasteiger partial charge on any atom is 0.271 e. The Kier molecular flexibility index (Phi) is 7.64. The van der Waals surface area contributed by atoms with Gasteiger partial charge in [-0.3, -0.25) is 14.6 Å². The van der Waals surface area contributed by atoms with Crippen LogP contribution in [0, 0.1) is 11.6 Å². The minimum atomic E-state index is -0.994. The normalized spacial score (nSPS) is 15.4. The molecule has 2 heterocycles. The number of benzene rings is 1. The Balaban J connectivity index is 1.62. The lowest BCUT2D eigenvalue weighted by Crippen LogP contribution is -2.48. The first kappa shape index (κ1) is 23.1. The summed E-state index contributed by atoms with van der Waals surface area (Å²) in [5, 5.41) is 5.33. The summed E-state index contributed by atoms with van der Waals surface area (Å²) in [7, 11) is 1.41. The molecule has 1 aromatic carbocycles. The van der Waals surface area contributed by atoms with E-state index < -0.39 is 29.0 Å². The van der Waals surface area contributed by atoms with Crippen molar-refractivity contribution in [2.45, 2.75) is 25.8 Å². The number of aliphatic imine (C=N–C) groups is 1. The van der Waals surface area contributed by atoms with Gasteiger partial charge in [-0.2, -0.15) is 0 Å². The molecule has 1 fully saturated rings. The van der Waals surface area contributed by atoms with Crippen molar-refractivity contribution in [3.8, 4) is 0 Å². The number of amides is 2. The summed E-state index contributed by atoms with van der Waals surface area (Å²) in [6.45, 7) is 3.07. The first-order valence-electron chi connectivity index (χ1n) is 10.3. The Bertz CT molecular complexity index is 1010. The van der Waals surface area contributed by atoms with E-state index in [0.29, 0.717) is 0 Å². The van der Waals surface area contributed by atoms with Gasteiger partial charge in [-0.25, -0.2) is 13.8 Å². The van der Waals surface area contributed by atoms with E-state index in [1.54, 1.807) is 13.1 Å². The zero-order chi connectivity index (χ0) is 23.1. The lowest BCUT2D eigenvalue weighted by Gasteiger charge is -2.33. The molecule has 1 saturated heterocycles. The molecule has 0 spiro atoms. The molecule has 0 saturated carbocycles. The van der Waals surface area contributed by atoms with Crippen LogP contribution in [0.2, 0.25) is 0 Å². The topological polar surface area (TPSA) is 86.7 Å². The van der Waals surface area contributed by atoms with Crippen LogP contribution in [-0.4, -0.2) is 48.7 Å². The van der Waals surface area contributed by atoms with Crippen molar-refractivity contribution in [1.29, 1.82) is 0 Å². The average Bonchev–Trinajstić information content (AvgIpc) is 2.80. The van der Waals surface area contributed by atoms with Gasteiger partial charge >= 0.3 is 0 Å². The highest BCUT2D eigenvalue weighted by Gasteiger charge is 2.26. The Hall–Kier alpha value is -3.62. The van der Waals surface area contributed by atoms with Crippen LogP contribution >= 0.6 is 0 Å². The summed E-state index contributed by atoms with van der Waals surface area (Å²) in [5.41, 5.74) is -0.669. The van der Waals surface area contributed by atoms with Gasteiger partial charge in [0.05, 0.1) is 5.70 Å². The van der Waals surface area contributed by atoms with Crippen molar-refractivity contribution in [1.82, 2.24) is 15.6 Å². The van der Waals surface area contributed by atoms with E-state index >= 15 is 0 Å². The van der Waals surface area contributed by atoms with Crippen molar-refractivity contribution in [2.75, 3.05) is 25.0 Å². The first-order chi connectivity index (χ1) is 15.4. The van der Waals surface area contributed by atoms with E-state index in [-0.39, 0.29) is 17.5 Å². The van der Waals surface area contributed by atoms with Crippen LogP contribution in [0.1, 0.15) is 30.1 Å². The molecule has 9 heteroatoms. The van der Waals surface area contributed by atoms with E-state index in [2.05, 4.69) is 25.5 Å². The highest BCUT2D eigenvalue weighted by molar-refractivity contribution is 6.45. The van der Waals surface area contributed by atoms with E-state index in [1.165, 1.54) is 19.2 Å². The smallest absolute Gasteiger partial charge is 0.271 e. The molecule has 7 nitrogen and oxygen atoms in total. The summed E-state index contributed by atoms with van der Waals surface area (Å²) < 4.78 is 27.8. The van der Waals surface area contributed by atoms with Gasteiger partial charge in [0.15, 0.2) is 0 Å². The van der Waals surface area contributed by atoms with E-state index in [1.807, 2.05) is 18.2 Å². The molecule has 1 aliphatic heterocycles. The number of piperidine rings is 1. The Morgan fingerprint density at radius 2 is 1.81 bits per heavy atom. The second kappa shape index (κ2) is 10.6. The summed E-state index contributed by atoms with van der Waals surface area (Å²) in [5.74, 6) is -2.54. The number of carbonyl (C=O) groups excluding carboxylic acids is 2. The number of nitrogens with one attached hydrogen (secondary N) is 2. The van der Waals surface area contributed by atoms with Crippen molar-refractivity contribution < 1.29 is 18.4 Å². The van der Waals surface area contributed by atoms with E-state index in [0.717, 1.165) is 43.9 Å². The van der Waals surface area contributed by atoms with Crippen LogP contribution in [0.5, 0.6) is 0 Å². The monoisotopic (exact) mass is 441 g/mol. The van der Waals surface area contributed by atoms with Gasteiger partial charge in [-0.1, -0.05) is 18.2 Å². The van der Waals surface area contributed by atoms with Crippen molar-refractivity contribution in [2.24, 2.45) is 4.99 Å². The molecule has 3 rings (SSSR count). The molecule has 1 aromatic heterocycles. The van der Waals surface area contributed by atoms with Crippen LogP contribution < -0.4 is 15.5 Å². The minimum Gasteiger partial charge on any atom is -0.356 e. The van der Waals surface area contributed by atoms with Gasteiger partial charge in [-0.05, 0) is 44.0 Å². The molecule has 0 radical (unpaired) electrons. The number of anilines is 1. The zero-order valence-electron chi connectivity index (χ0n) is 17.9. The molecular weight excluding hydrogens is 416 g/mol. The molecule has 1 aliphatic rings. The molecule has 0 atom stereocenters. The van der Waals surface area contributed by atoms with E-state index in [4.69, 9.17) is 0 Å². The van der Waals surface area contributed by atoms with Gasteiger partial charge < -0.3 is 15.5 Å². The van der Waals surface area contributed by atoms with Crippen LogP contribution in [0.15, 0.2) is 59.4 Å². The summed E-state index contributed by atoms with van der Waals surface area (Å²) in [6, 6.07) is 8.82. The number of halogens is 2. The fourth-order valence-electron chi connectivity index (χ4n) is 3.56. The number of aromatic nitrogens is 1. The molecule has 2 amide bonds. The van der Waals surface area contributed by atoms with Gasteiger partial charge in [-0.15, -0.1) is 0 Å². The van der Waals surface area contributed by atoms with Crippen LogP contribution in [0.3, 0.4) is 0 Å². The van der Waals surface area contributed by atoms with E-state index in [9.17, 15) is 18.4 Å². The Morgan fingerprint density at radius 3 is 2.38 bits per heavy atom. The number of hydrogen-bond acceptors (Lipinski definition) is 5. The summed E-state index contributed by atoms with van der Waals surface area (Å²) >= 11 is 0. The largest absolute Gasteiger partial charge is 0.356 e. The van der Waals surface area contributed by atoms with Crippen LogP contribution in [0.25, 0.3) is 0 Å². The molecule has 0 bridgehead atoms. The maximum atomic E-state index is 13.9. The van der Waals surface area contributed by atoms with Crippen molar-refractivity contribution in [3.05, 3.63) is 71.6 Å². The Labute approximate surface area is 185 Å². The second-order valence-electron chi connectivity index (χ2n) is 7.25. The summed E-state index contributed by atoms with van der Waals surface area (Å²) in [6.07, 6.45) is 4.64. The highest BCUT2D eigenvalue weighted by atomic mass is 19.1. The number of nitrogens with zero attached hydrogens (tertiary/aromatic N) is 3. The van der Waals surface area contributed by atoms with Gasteiger partial charge in [0.25, 0.3) is 11.8 Å². The fraction of sp³-hybridized carbons (Fsp3) is 0.304. The SMILES string of the molecule is C/C=C(/NC(=O)c1c(F)cccc1F)C(=NC)C(=O)NC1CCN(c2ccccn2)CC1. The zero-order valence-corrected chi connectivity index (χ0v) is 17.9. The molecule has 32 heavy (non-hydrogen) atoms. The predicted molar refractivity (Wildman–Crippen MR) is 119 cm³/mol. The molecular formula is C23H25F2N5O2. The Morgan fingerprint density at radius 1 is 1.12 bits per heavy atom. The van der Waals surface area contributed by atoms with Crippen molar-refractivity contribution in [3.63, 3.8) is 0 Å². The molecule has 2 N–H and O–H groups in total. The molecule has 168 valence electrons. The van der Waals surface area contributed by atoms with Crippen LogP contribution in [-0.2, 0) is 4.79 Å². The number of rotatable bonds is 6. The molecule has 0 unspecified atom stereocenters. The van der Waals surface area contributed by atoms with Gasteiger partial charge in [0.1, 0.15) is 28.7 Å². The average molecular weight is 441 g/mol. The maximum absolute atomic E-state index is 13.9. The molecule has 0 aliphatic carbocycles. The number of carbonyl (C=O) groups is 2. The summed E-state index contributed by atoms with van der Waals surface area (Å²) in [4.78, 5) is 35.8. The van der Waals surface area contributed by atoms with Gasteiger partial charge in [0.2, 0.25) is 0 Å². The van der Waals surface area contributed by atoms with Crippen LogP contribution in [0.4, 0.5) is 14.6 Å². The van der Waals surface area contributed by atoms with Crippen molar-refractivity contribution >= 4 is 23.3 Å². The number of pyridine rings is 1. The number of allylic oxidation sites excluding steroid dienone is 1. The van der Waals surface area contributed by atoms with Gasteiger partial charge in [0, 0.05) is 32.4 Å². The minimum absolute atomic E-state index is 0.0234. The quantitative estimate of drug-likeness (QED) is 0.675. The number of hydrogen-bond donors (Lipinski definition) is 2. The third kappa shape index (κ3) is 5.35. The fourth-order valence-corrected chi connectivity index (χ4v) is 3.56.